The molecule has 2 fully saturated rings. The third-order valence-electron chi connectivity index (χ3n) is 5.32. The molecule has 0 radical (unpaired) electrons. The van der Waals surface area contributed by atoms with E-state index in [1.165, 1.54) is 37.0 Å². The fraction of sp³-hybridized carbons (Fsp3) is 0.765. The van der Waals surface area contributed by atoms with Crippen molar-refractivity contribution < 1.29 is 9.59 Å². The van der Waals surface area contributed by atoms with Crippen LogP contribution in [0, 0.1) is 17.8 Å². The number of likely N-dealkylation sites (tertiary alicyclic amines) is 1. The van der Waals surface area contributed by atoms with Crippen molar-refractivity contribution in [1.82, 2.24) is 15.1 Å². The Morgan fingerprint density at radius 3 is 2.75 bits per heavy atom. The molecule has 2 heterocycles. The number of rotatable bonds is 4. The van der Waals surface area contributed by atoms with Crippen LogP contribution in [-0.4, -0.2) is 40.0 Å². The molecule has 2 unspecified atom stereocenters. The van der Waals surface area contributed by atoms with E-state index >= 15 is 0 Å². The highest BCUT2D eigenvalue weighted by Gasteiger charge is 2.29. The second kappa shape index (κ2) is 8.05. The molecule has 0 aromatic carbocycles. The van der Waals surface area contributed by atoms with Crippen molar-refractivity contribution in [2.24, 2.45) is 17.8 Å². The van der Waals surface area contributed by atoms with Gasteiger partial charge < -0.3 is 10.2 Å². The van der Waals surface area contributed by atoms with Crippen LogP contribution >= 0.6 is 11.3 Å². The normalized spacial score (nSPS) is 25.5. The number of hydrogen-bond donors (Lipinski definition) is 1. The minimum atomic E-state index is -0.0346. The van der Waals surface area contributed by atoms with Crippen LogP contribution < -0.4 is 5.32 Å². The van der Waals surface area contributed by atoms with Gasteiger partial charge in [0, 0.05) is 25.4 Å². The Kier molecular flexibility index (Phi) is 5.81. The van der Waals surface area contributed by atoms with Crippen molar-refractivity contribution in [3.63, 3.8) is 0 Å². The van der Waals surface area contributed by atoms with E-state index in [2.05, 4.69) is 22.4 Å². The lowest BCUT2D eigenvalue weighted by atomic mass is 9.80. The molecule has 1 N–H and O–H groups in total. The van der Waals surface area contributed by atoms with Gasteiger partial charge in [0.05, 0.1) is 0 Å². The van der Waals surface area contributed by atoms with Crippen LogP contribution in [-0.2, 0) is 9.59 Å². The minimum Gasteiger partial charge on any atom is -0.343 e. The first-order valence-electron chi connectivity index (χ1n) is 8.96. The predicted molar refractivity (Wildman–Crippen MR) is 93.6 cm³/mol. The summed E-state index contributed by atoms with van der Waals surface area (Å²) in [6.07, 6.45) is 7.09. The van der Waals surface area contributed by atoms with Crippen molar-refractivity contribution >= 4 is 28.3 Å². The first-order chi connectivity index (χ1) is 11.6. The maximum Gasteiger partial charge on any atom is 0.229 e. The molecule has 2 amide bonds. The molecule has 0 spiro atoms. The van der Waals surface area contributed by atoms with E-state index in [1.54, 1.807) is 5.51 Å². The molecule has 132 valence electrons. The zero-order chi connectivity index (χ0) is 16.9. The first kappa shape index (κ1) is 17.3. The van der Waals surface area contributed by atoms with Crippen molar-refractivity contribution in [2.75, 3.05) is 18.4 Å². The molecule has 1 saturated heterocycles. The first-order valence-corrected chi connectivity index (χ1v) is 9.84. The third-order valence-corrected chi connectivity index (χ3v) is 5.92. The highest BCUT2D eigenvalue weighted by molar-refractivity contribution is 7.13. The molecule has 2 aliphatic rings. The van der Waals surface area contributed by atoms with Gasteiger partial charge in [-0.2, -0.15) is 0 Å². The highest BCUT2D eigenvalue weighted by atomic mass is 32.1. The fourth-order valence-electron chi connectivity index (χ4n) is 3.95. The molecule has 1 aromatic heterocycles. The second-order valence-electron chi connectivity index (χ2n) is 7.23. The summed E-state index contributed by atoms with van der Waals surface area (Å²) in [5.74, 6) is 1.55. The molecule has 1 aliphatic heterocycles. The molecule has 1 aliphatic carbocycles. The number of anilines is 1. The largest absolute Gasteiger partial charge is 0.343 e. The molecule has 0 bridgehead atoms. The summed E-state index contributed by atoms with van der Waals surface area (Å²) in [5.41, 5.74) is 1.60. The zero-order valence-electron chi connectivity index (χ0n) is 14.2. The number of aromatic nitrogens is 2. The van der Waals surface area contributed by atoms with Crippen LogP contribution in [0.3, 0.4) is 0 Å². The summed E-state index contributed by atoms with van der Waals surface area (Å²) in [7, 11) is 0. The maximum absolute atomic E-state index is 12.5. The van der Waals surface area contributed by atoms with Gasteiger partial charge in [0.15, 0.2) is 0 Å². The van der Waals surface area contributed by atoms with Crippen LogP contribution in [0.2, 0.25) is 0 Å². The van der Waals surface area contributed by atoms with E-state index in [0.29, 0.717) is 30.6 Å². The topological polar surface area (TPSA) is 75.2 Å². The molecular weight excluding hydrogens is 324 g/mol. The average molecular weight is 350 g/mol. The summed E-state index contributed by atoms with van der Waals surface area (Å²) in [4.78, 5) is 26.7. The fourth-order valence-corrected chi connectivity index (χ4v) is 4.40. The van der Waals surface area contributed by atoms with Crippen LogP contribution in [0.15, 0.2) is 5.51 Å². The summed E-state index contributed by atoms with van der Waals surface area (Å²) in [6, 6.07) is 0. The van der Waals surface area contributed by atoms with E-state index in [4.69, 9.17) is 0 Å². The number of carbonyl (C=O) groups excluding carboxylic acids is 2. The van der Waals surface area contributed by atoms with Gasteiger partial charge in [0.1, 0.15) is 5.51 Å². The number of amides is 2. The molecular formula is C17H26N4O2S. The van der Waals surface area contributed by atoms with Crippen molar-refractivity contribution in [1.29, 1.82) is 0 Å². The van der Waals surface area contributed by atoms with E-state index in [0.717, 1.165) is 18.8 Å². The van der Waals surface area contributed by atoms with E-state index in [9.17, 15) is 9.59 Å². The van der Waals surface area contributed by atoms with Gasteiger partial charge in [-0.05, 0) is 37.5 Å². The third kappa shape index (κ3) is 4.53. The van der Waals surface area contributed by atoms with Crippen LogP contribution in [0.25, 0.3) is 0 Å². The molecule has 2 atom stereocenters. The van der Waals surface area contributed by atoms with Gasteiger partial charge in [0.2, 0.25) is 16.9 Å². The number of hydrogen-bond acceptors (Lipinski definition) is 5. The summed E-state index contributed by atoms with van der Waals surface area (Å²) in [5, 5.41) is 10.9. The summed E-state index contributed by atoms with van der Waals surface area (Å²) in [6.45, 7) is 3.67. The van der Waals surface area contributed by atoms with Gasteiger partial charge >= 0.3 is 0 Å². The lowest BCUT2D eigenvalue weighted by molar-refractivity contribution is -0.135. The number of carbonyl (C=O) groups is 2. The average Bonchev–Trinajstić information content (AvgIpc) is 3.08. The Morgan fingerprint density at radius 2 is 2.08 bits per heavy atom. The number of piperidine rings is 1. The van der Waals surface area contributed by atoms with E-state index < -0.39 is 0 Å². The Labute approximate surface area is 147 Å². The summed E-state index contributed by atoms with van der Waals surface area (Å²) >= 11 is 1.32. The highest BCUT2D eigenvalue weighted by Crippen LogP contribution is 2.31. The lowest BCUT2D eigenvalue weighted by Gasteiger charge is -2.33. The second-order valence-corrected chi connectivity index (χ2v) is 8.06. The Bertz CT molecular complexity index is 555. The number of nitrogens with one attached hydrogen (secondary N) is 1. The quantitative estimate of drug-likeness (QED) is 0.906. The minimum absolute atomic E-state index is 0.0000423. The number of nitrogens with zero attached hydrogens (tertiary/aromatic N) is 3. The Balaban J connectivity index is 1.42. The molecule has 7 heteroatoms. The van der Waals surface area contributed by atoms with Gasteiger partial charge in [-0.25, -0.2) is 0 Å². The van der Waals surface area contributed by atoms with Crippen LogP contribution in [0.4, 0.5) is 5.13 Å². The Hall–Kier alpha value is -1.50. The van der Waals surface area contributed by atoms with Crippen LogP contribution in [0.1, 0.15) is 51.9 Å². The molecule has 1 aromatic rings. The van der Waals surface area contributed by atoms with Crippen molar-refractivity contribution in [3.8, 4) is 0 Å². The molecule has 3 rings (SSSR count). The van der Waals surface area contributed by atoms with Gasteiger partial charge in [-0.15, -0.1) is 10.2 Å². The predicted octanol–water partition coefficient (Wildman–Crippen LogP) is 2.93. The Morgan fingerprint density at radius 1 is 1.29 bits per heavy atom. The standard InChI is InChI=1S/C17H26N4O2S/c1-12-3-2-4-13(9-12)10-15(22)21-7-5-14(6-8-21)16(23)19-17-20-18-11-24-17/h11-14H,2-10H2,1H3,(H,19,20,23). The summed E-state index contributed by atoms with van der Waals surface area (Å²) < 4.78 is 0. The molecule has 1 saturated carbocycles. The molecule has 6 nitrogen and oxygen atoms in total. The van der Waals surface area contributed by atoms with Crippen molar-refractivity contribution in [3.05, 3.63) is 5.51 Å². The maximum atomic E-state index is 12.5. The zero-order valence-corrected chi connectivity index (χ0v) is 15.1. The van der Waals surface area contributed by atoms with Gasteiger partial charge in [0.25, 0.3) is 0 Å². The molecule has 24 heavy (non-hydrogen) atoms. The van der Waals surface area contributed by atoms with Crippen LogP contribution in [0.5, 0.6) is 0 Å². The van der Waals surface area contributed by atoms with Crippen molar-refractivity contribution in [2.45, 2.75) is 51.9 Å². The lowest BCUT2D eigenvalue weighted by Crippen LogP contribution is -2.42. The monoisotopic (exact) mass is 350 g/mol. The van der Waals surface area contributed by atoms with Gasteiger partial charge in [-0.3, -0.25) is 9.59 Å². The smallest absolute Gasteiger partial charge is 0.229 e. The SMILES string of the molecule is CC1CCCC(CC(=O)N2CCC(C(=O)Nc3nncs3)CC2)C1. The van der Waals surface area contributed by atoms with Gasteiger partial charge in [-0.1, -0.05) is 31.1 Å². The van der Waals surface area contributed by atoms with E-state index in [-0.39, 0.29) is 17.7 Å². The van der Waals surface area contributed by atoms with E-state index in [1.807, 2.05) is 4.90 Å².